The van der Waals surface area contributed by atoms with Gasteiger partial charge in [0.05, 0.1) is 0 Å². The maximum absolute atomic E-state index is 4.49. The maximum atomic E-state index is 4.49. The van der Waals surface area contributed by atoms with Crippen molar-refractivity contribution in [2.24, 2.45) is 0 Å². The molecule has 0 saturated heterocycles. The molecule has 0 heterocycles. The molecule has 0 radical (unpaired) electrons. The molecule has 0 fully saturated rings. The van der Waals surface area contributed by atoms with E-state index in [0.717, 1.165) is 11.8 Å². The smallest absolute Gasteiger partial charge is 0.0157 e. The molecule has 0 aliphatic heterocycles. The lowest BCUT2D eigenvalue weighted by atomic mass is 9.85. The lowest BCUT2D eigenvalue weighted by Crippen LogP contribution is -2.40. The standard InChI is InChI=1S/C17H27NS.ClH/c1-3-10-18(11-4-2)16-9-8-14-6-5-7-15(13-19)17(14)12-16;/h5-7,16,19H,3-4,8-13H2,1-2H3;1H/t16-;/m0./s1. The average Bonchev–Trinajstić information content (AvgIpc) is 2.46. The number of halogens is 1. The zero-order valence-corrected chi connectivity index (χ0v) is 14.5. The number of hydrogen-bond acceptors (Lipinski definition) is 2. The van der Waals surface area contributed by atoms with E-state index in [1.165, 1.54) is 50.8 Å². The second-order valence-electron chi connectivity index (χ2n) is 5.65. The normalized spacial score (nSPS) is 17.7. The molecule has 1 atom stereocenters. The van der Waals surface area contributed by atoms with Crippen molar-refractivity contribution in [2.75, 3.05) is 13.1 Å². The van der Waals surface area contributed by atoms with Crippen LogP contribution in [0.3, 0.4) is 0 Å². The van der Waals surface area contributed by atoms with Crippen molar-refractivity contribution in [2.45, 2.75) is 57.7 Å². The molecule has 2 rings (SSSR count). The lowest BCUT2D eigenvalue weighted by Gasteiger charge is -2.35. The third-order valence-corrected chi connectivity index (χ3v) is 4.61. The Morgan fingerprint density at radius 3 is 2.50 bits per heavy atom. The first kappa shape index (κ1) is 17.9. The summed E-state index contributed by atoms with van der Waals surface area (Å²) < 4.78 is 0. The molecular weight excluding hydrogens is 286 g/mol. The van der Waals surface area contributed by atoms with Crippen LogP contribution in [-0.4, -0.2) is 24.0 Å². The summed E-state index contributed by atoms with van der Waals surface area (Å²) in [6.07, 6.45) is 6.32. The van der Waals surface area contributed by atoms with Crippen molar-refractivity contribution < 1.29 is 0 Å². The Hall–Kier alpha value is -0.180. The van der Waals surface area contributed by atoms with E-state index < -0.39 is 0 Å². The quantitative estimate of drug-likeness (QED) is 0.756. The van der Waals surface area contributed by atoms with Crippen LogP contribution in [0.4, 0.5) is 0 Å². The highest BCUT2D eigenvalue weighted by Gasteiger charge is 2.24. The molecule has 20 heavy (non-hydrogen) atoms. The van der Waals surface area contributed by atoms with Crippen LogP contribution in [0, 0.1) is 0 Å². The molecule has 0 aromatic heterocycles. The molecule has 1 nitrogen and oxygen atoms in total. The number of rotatable bonds is 6. The van der Waals surface area contributed by atoms with Crippen LogP contribution >= 0.6 is 25.0 Å². The molecule has 3 heteroatoms. The average molecular weight is 314 g/mol. The molecule has 1 aliphatic carbocycles. The van der Waals surface area contributed by atoms with Gasteiger partial charge in [-0.25, -0.2) is 0 Å². The van der Waals surface area contributed by atoms with Crippen molar-refractivity contribution in [3.05, 3.63) is 34.9 Å². The van der Waals surface area contributed by atoms with E-state index in [0.29, 0.717) is 0 Å². The summed E-state index contributed by atoms with van der Waals surface area (Å²) in [7, 11) is 0. The van der Waals surface area contributed by atoms with Crippen LogP contribution < -0.4 is 0 Å². The van der Waals surface area contributed by atoms with Gasteiger partial charge >= 0.3 is 0 Å². The SMILES string of the molecule is CCCN(CCC)[C@H]1CCc2cccc(CS)c2C1.Cl. The van der Waals surface area contributed by atoms with E-state index in [9.17, 15) is 0 Å². The molecule has 1 aliphatic rings. The van der Waals surface area contributed by atoms with E-state index in [-0.39, 0.29) is 12.4 Å². The topological polar surface area (TPSA) is 3.24 Å². The van der Waals surface area contributed by atoms with E-state index in [2.05, 4.69) is 49.6 Å². The second kappa shape index (κ2) is 8.96. The van der Waals surface area contributed by atoms with Crippen LogP contribution in [0.5, 0.6) is 0 Å². The lowest BCUT2D eigenvalue weighted by molar-refractivity contribution is 0.180. The van der Waals surface area contributed by atoms with Gasteiger partial charge in [0.2, 0.25) is 0 Å². The Balaban J connectivity index is 0.00000200. The van der Waals surface area contributed by atoms with Crippen LogP contribution in [0.2, 0.25) is 0 Å². The predicted octanol–water partition coefficient (Wildman–Crippen LogP) is 4.52. The van der Waals surface area contributed by atoms with Crippen LogP contribution in [0.25, 0.3) is 0 Å². The second-order valence-corrected chi connectivity index (χ2v) is 5.96. The Morgan fingerprint density at radius 2 is 1.90 bits per heavy atom. The summed E-state index contributed by atoms with van der Waals surface area (Å²) >= 11 is 4.49. The Labute approximate surface area is 136 Å². The first-order valence-corrected chi connectivity index (χ1v) is 8.37. The Morgan fingerprint density at radius 1 is 1.20 bits per heavy atom. The minimum atomic E-state index is 0. The number of fused-ring (bicyclic) bond motifs is 1. The molecule has 114 valence electrons. The van der Waals surface area contributed by atoms with Gasteiger partial charge in [-0.3, -0.25) is 0 Å². The van der Waals surface area contributed by atoms with Gasteiger partial charge < -0.3 is 4.90 Å². The highest BCUT2D eigenvalue weighted by molar-refractivity contribution is 7.79. The molecule has 0 amide bonds. The van der Waals surface area contributed by atoms with Gasteiger partial charge in [0.25, 0.3) is 0 Å². The summed E-state index contributed by atoms with van der Waals surface area (Å²) in [4.78, 5) is 2.71. The Bertz CT molecular complexity index is 388. The third kappa shape index (κ3) is 4.16. The first-order chi connectivity index (χ1) is 9.30. The largest absolute Gasteiger partial charge is 0.300 e. The van der Waals surface area contributed by atoms with E-state index >= 15 is 0 Å². The van der Waals surface area contributed by atoms with Crippen molar-refractivity contribution >= 4 is 25.0 Å². The van der Waals surface area contributed by atoms with E-state index in [4.69, 9.17) is 0 Å². The van der Waals surface area contributed by atoms with Crippen LogP contribution in [-0.2, 0) is 18.6 Å². The zero-order valence-electron chi connectivity index (χ0n) is 12.8. The zero-order chi connectivity index (χ0) is 13.7. The van der Waals surface area contributed by atoms with Gasteiger partial charge in [-0.05, 0) is 61.9 Å². The Kier molecular flexibility index (Phi) is 8.01. The molecule has 1 aromatic rings. The molecular formula is C17H28ClNS. The third-order valence-electron chi connectivity index (χ3n) is 4.27. The summed E-state index contributed by atoms with van der Waals surface area (Å²) in [6, 6.07) is 7.50. The predicted molar refractivity (Wildman–Crippen MR) is 94.3 cm³/mol. The maximum Gasteiger partial charge on any atom is 0.0157 e. The fourth-order valence-electron chi connectivity index (χ4n) is 3.36. The van der Waals surface area contributed by atoms with Gasteiger partial charge in [-0.1, -0.05) is 32.0 Å². The molecule has 0 spiro atoms. The number of thiol groups is 1. The first-order valence-electron chi connectivity index (χ1n) is 7.74. The van der Waals surface area contributed by atoms with E-state index in [1.54, 1.807) is 11.1 Å². The summed E-state index contributed by atoms with van der Waals surface area (Å²) in [5.41, 5.74) is 4.60. The van der Waals surface area contributed by atoms with Gasteiger partial charge in [0.1, 0.15) is 0 Å². The fourth-order valence-corrected chi connectivity index (χ4v) is 3.65. The van der Waals surface area contributed by atoms with Gasteiger partial charge in [0, 0.05) is 11.8 Å². The molecule has 0 saturated carbocycles. The number of aryl methyl sites for hydroxylation is 1. The van der Waals surface area contributed by atoms with Gasteiger partial charge in [-0.2, -0.15) is 12.6 Å². The number of hydrogen-bond donors (Lipinski definition) is 1. The van der Waals surface area contributed by atoms with Crippen molar-refractivity contribution in [3.8, 4) is 0 Å². The molecule has 0 unspecified atom stereocenters. The van der Waals surface area contributed by atoms with Gasteiger partial charge in [0.15, 0.2) is 0 Å². The highest BCUT2D eigenvalue weighted by Crippen LogP contribution is 2.28. The van der Waals surface area contributed by atoms with Crippen molar-refractivity contribution in [1.29, 1.82) is 0 Å². The fraction of sp³-hybridized carbons (Fsp3) is 0.647. The van der Waals surface area contributed by atoms with Crippen molar-refractivity contribution in [3.63, 3.8) is 0 Å². The summed E-state index contributed by atoms with van der Waals surface area (Å²) in [5.74, 6) is 0.872. The van der Waals surface area contributed by atoms with Crippen LogP contribution in [0.1, 0.15) is 49.8 Å². The monoisotopic (exact) mass is 313 g/mol. The molecule has 1 aromatic carbocycles. The summed E-state index contributed by atoms with van der Waals surface area (Å²) in [5, 5.41) is 0. The number of benzene rings is 1. The minimum Gasteiger partial charge on any atom is -0.300 e. The van der Waals surface area contributed by atoms with Crippen LogP contribution in [0.15, 0.2) is 18.2 Å². The minimum absolute atomic E-state index is 0. The molecule has 0 bridgehead atoms. The number of nitrogens with zero attached hydrogens (tertiary/aromatic N) is 1. The summed E-state index contributed by atoms with van der Waals surface area (Å²) in [6.45, 7) is 7.07. The highest BCUT2D eigenvalue weighted by atomic mass is 35.5. The van der Waals surface area contributed by atoms with Crippen molar-refractivity contribution in [1.82, 2.24) is 4.90 Å². The molecule has 0 N–H and O–H groups in total. The van der Waals surface area contributed by atoms with Gasteiger partial charge in [-0.15, -0.1) is 12.4 Å². The van der Waals surface area contributed by atoms with E-state index in [1.807, 2.05) is 0 Å².